The third-order valence-corrected chi connectivity index (χ3v) is 4.29. The minimum absolute atomic E-state index is 0.221. The van der Waals surface area contributed by atoms with Gasteiger partial charge in [0.15, 0.2) is 0 Å². The summed E-state index contributed by atoms with van der Waals surface area (Å²) in [6, 6.07) is 10.3. The van der Waals surface area contributed by atoms with Gasteiger partial charge in [0.1, 0.15) is 11.6 Å². The largest absolute Gasteiger partial charge is 0.306 e. The number of aromatic nitrogens is 2. The second-order valence-corrected chi connectivity index (χ2v) is 5.66. The number of hydrogen-bond donors (Lipinski definition) is 1. The number of fused-ring (bicyclic) bond motifs is 1. The number of H-pyrrole nitrogens is 1. The number of rotatable bonds is 1. The third kappa shape index (κ3) is 2.22. The molecule has 3 rings (SSSR count). The molecular weight excluding hydrogens is 370 g/mol. The smallest absolute Gasteiger partial charge is 0.259 e. The highest BCUT2D eigenvalue weighted by Gasteiger charge is 2.10. The Hall–Kier alpha value is -1.76. The zero-order valence-electron chi connectivity index (χ0n) is 10.6. The van der Waals surface area contributed by atoms with Gasteiger partial charge in [-0.2, -0.15) is 0 Å². The fraction of sp³-hybridized carbons (Fsp3) is 0.0667. The van der Waals surface area contributed by atoms with Crippen LogP contribution in [0.15, 0.2) is 41.2 Å². The first kappa shape index (κ1) is 13.2. The van der Waals surface area contributed by atoms with Crippen LogP contribution in [0.2, 0.25) is 0 Å². The van der Waals surface area contributed by atoms with Crippen molar-refractivity contribution in [1.82, 2.24) is 9.97 Å². The van der Waals surface area contributed by atoms with E-state index in [1.165, 1.54) is 6.07 Å². The molecule has 2 aromatic carbocycles. The standard InChI is InChI=1S/C15H10FIN2O/c1-8-11(16)6-9(7-12(8)17)14-18-13-5-3-2-4-10(13)15(20)19-14/h2-7H,1H3,(H,18,19,20). The van der Waals surface area contributed by atoms with Crippen LogP contribution >= 0.6 is 22.6 Å². The van der Waals surface area contributed by atoms with E-state index in [2.05, 4.69) is 32.6 Å². The van der Waals surface area contributed by atoms with Crippen LogP contribution in [-0.2, 0) is 0 Å². The monoisotopic (exact) mass is 380 g/mol. The quantitative estimate of drug-likeness (QED) is 0.656. The SMILES string of the molecule is Cc1c(F)cc(-c2nc3ccccc3c(=O)[nH]2)cc1I. The first-order chi connectivity index (χ1) is 9.56. The van der Waals surface area contributed by atoms with Gasteiger partial charge in [0.05, 0.1) is 10.9 Å². The van der Waals surface area contributed by atoms with Gasteiger partial charge in [0.2, 0.25) is 0 Å². The Bertz CT molecular complexity index is 850. The van der Waals surface area contributed by atoms with Crippen LogP contribution in [0.25, 0.3) is 22.3 Å². The van der Waals surface area contributed by atoms with Crippen LogP contribution in [0.3, 0.4) is 0 Å². The second kappa shape index (κ2) is 4.97. The molecule has 0 amide bonds. The summed E-state index contributed by atoms with van der Waals surface area (Å²) in [5, 5.41) is 0.526. The van der Waals surface area contributed by atoms with E-state index in [4.69, 9.17) is 0 Å². The number of nitrogens with one attached hydrogen (secondary N) is 1. The Morgan fingerprint density at radius 1 is 1.25 bits per heavy atom. The normalized spacial score (nSPS) is 10.9. The molecule has 0 unspecified atom stereocenters. The molecule has 0 aliphatic carbocycles. The third-order valence-electron chi connectivity index (χ3n) is 3.17. The highest BCUT2D eigenvalue weighted by molar-refractivity contribution is 14.1. The van der Waals surface area contributed by atoms with Crippen LogP contribution in [0.4, 0.5) is 4.39 Å². The Balaban J connectivity index is 2.27. The first-order valence-electron chi connectivity index (χ1n) is 6.01. The molecule has 0 atom stereocenters. The predicted octanol–water partition coefficient (Wildman–Crippen LogP) is 3.64. The van der Waals surface area contributed by atoms with Crippen molar-refractivity contribution < 1.29 is 4.39 Å². The van der Waals surface area contributed by atoms with Crippen molar-refractivity contribution >= 4 is 33.5 Å². The van der Waals surface area contributed by atoms with Crippen LogP contribution in [0.5, 0.6) is 0 Å². The molecular formula is C15H10FIN2O. The fourth-order valence-electron chi connectivity index (χ4n) is 2.01. The van der Waals surface area contributed by atoms with Gasteiger partial charge in [0.25, 0.3) is 5.56 Å². The zero-order chi connectivity index (χ0) is 14.3. The highest BCUT2D eigenvalue weighted by atomic mass is 127. The molecule has 3 nitrogen and oxygen atoms in total. The van der Waals surface area contributed by atoms with Gasteiger partial charge in [-0.1, -0.05) is 12.1 Å². The lowest BCUT2D eigenvalue weighted by molar-refractivity contribution is 0.617. The number of benzene rings is 2. The lowest BCUT2D eigenvalue weighted by Gasteiger charge is -2.06. The number of hydrogen-bond acceptors (Lipinski definition) is 2. The molecule has 1 N–H and O–H groups in total. The molecule has 0 aliphatic heterocycles. The molecule has 0 radical (unpaired) electrons. The molecule has 100 valence electrons. The average molecular weight is 380 g/mol. The summed E-state index contributed by atoms with van der Waals surface area (Å²) in [7, 11) is 0. The van der Waals surface area contributed by atoms with Crippen molar-refractivity contribution in [1.29, 1.82) is 0 Å². The maximum atomic E-state index is 13.8. The number of nitrogens with zero attached hydrogens (tertiary/aromatic N) is 1. The molecule has 20 heavy (non-hydrogen) atoms. The van der Waals surface area contributed by atoms with Gasteiger partial charge in [0, 0.05) is 9.13 Å². The van der Waals surface area contributed by atoms with Crippen molar-refractivity contribution in [3.63, 3.8) is 0 Å². The van der Waals surface area contributed by atoms with E-state index in [9.17, 15) is 9.18 Å². The van der Waals surface area contributed by atoms with E-state index in [0.717, 1.165) is 3.57 Å². The molecule has 0 fully saturated rings. The Kier molecular flexibility index (Phi) is 3.29. The van der Waals surface area contributed by atoms with Gasteiger partial charge in [-0.25, -0.2) is 9.37 Å². The maximum absolute atomic E-state index is 13.8. The van der Waals surface area contributed by atoms with Gasteiger partial charge in [-0.05, 0) is 59.3 Å². The summed E-state index contributed by atoms with van der Waals surface area (Å²) in [6.07, 6.45) is 0. The molecule has 5 heteroatoms. The molecule has 1 heterocycles. The molecule has 0 aliphatic rings. The van der Waals surface area contributed by atoms with Crippen molar-refractivity contribution in [2.24, 2.45) is 0 Å². The summed E-state index contributed by atoms with van der Waals surface area (Å²) in [5.41, 5.74) is 1.54. The van der Waals surface area contributed by atoms with Crippen LogP contribution in [0, 0.1) is 16.3 Å². The van der Waals surface area contributed by atoms with E-state index >= 15 is 0 Å². The van der Waals surface area contributed by atoms with Crippen LogP contribution in [-0.4, -0.2) is 9.97 Å². The van der Waals surface area contributed by atoms with E-state index in [1.54, 1.807) is 25.1 Å². The summed E-state index contributed by atoms with van der Waals surface area (Å²) in [5.74, 6) is 0.0771. The summed E-state index contributed by atoms with van der Waals surface area (Å²) in [4.78, 5) is 19.1. The molecule has 0 bridgehead atoms. The average Bonchev–Trinajstić information content (AvgIpc) is 2.44. The van der Waals surface area contributed by atoms with Gasteiger partial charge < -0.3 is 4.98 Å². The number of aromatic amines is 1. The molecule has 0 saturated carbocycles. The Morgan fingerprint density at radius 2 is 2.00 bits per heavy atom. The van der Waals surface area contributed by atoms with E-state index in [0.29, 0.717) is 27.9 Å². The first-order valence-corrected chi connectivity index (χ1v) is 7.09. The maximum Gasteiger partial charge on any atom is 0.259 e. The topological polar surface area (TPSA) is 45.8 Å². The van der Waals surface area contributed by atoms with Gasteiger partial charge in [-0.15, -0.1) is 0 Å². The van der Waals surface area contributed by atoms with Crippen molar-refractivity contribution in [2.45, 2.75) is 6.92 Å². The zero-order valence-corrected chi connectivity index (χ0v) is 12.7. The van der Waals surface area contributed by atoms with Crippen molar-refractivity contribution in [3.8, 4) is 11.4 Å². The lowest BCUT2D eigenvalue weighted by Crippen LogP contribution is -2.09. The van der Waals surface area contributed by atoms with Gasteiger partial charge in [-0.3, -0.25) is 4.79 Å². The molecule has 0 spiro atoms. The van der Waals surface area contributed by atoms with E-state index in [1.807, 2.05) is 12.1 Å². The minimum Gasteiger partial charge on any atom is -0.306 e. The number of halogens is 2. The molecule has 3 aromatic rings. The lowest BCUT2D eigenvalue weighted by atomic mass is 10.1. The summed E-state index contributed by atoms with van der Waals surface area (Å²) >= 11 is 2.07. The Labute approximate surface area is 128 Å². The minimum atomic E-state index is -0.303. The number of para-hydroxylation sites is 1. The summed E-state index contributed by atoms with van der Waals surface area (Å²) in [6.45, 7) is 1.72. The predicted molar refractivity (Wildman–Crippen MR) is 85.2 cm³/mol. The van der Waals surface area contributed by atoms with E-state index < -0.39 is 0 Å². The molecule has 1 aromatic heterocycles. The summed E-state index contributed by atoms with van der Waals surface area (Å²) < 4.78 is 14.6. The van der Waals surface area contributed by atoms with Crippen molar-refractivity contribution in [2.75, 3.05) is 0 Å². The van der Waals surface area contributed by atoms with Crippen LogP contribution < -0.4 is 5.56 Å². The highest BCUT2D eigenvalue weighted by Crippen LogP contribution is 2.23. The van der Waals surface area contributed by atoms with E-state index in [-0.39, 0.29) is 11.4 Å². The van der Waals surface area contributed by atoms with Crippen LogP contribution in [0.1, 0.15) is 5.56 Å². The van der Waals surface area contributed by atoms with Gasteiger partial charge >= 0.3 is 0 Å². The fourth-order valence-corrected chi connectivity index (χ4v) is 2.60. The Morgan fingerprint density at radius 3 is 2.75 bits per heavy atom. The molecule has 0 saturated heterocycles. The second-order valence-electron chi connectivity index (χ2n) is 4.50. The van der Waals surface area contributed by atoms with Crippen molar-refractivity contribution in [3.05, 3.63) is 61.7 Å².